The van der Waals surface area contributed by atoms with Gasteiger partial charge >= 0.3 is 0 Å². The highest BCUT2D eigenvalue weighted by atomic mass is 35.5. The summed E-state index contributed by atoms with van der Waals surface area (Å²) in [5.41, 5.74) is 1.76. The first-order valence-electron chi connectivity index (χ1n) is 4.93. The average Bonchev–Trinajstić information content (AvgIpc) is 2.66. The normalized spacial score (nSPS) is 10.4. The van der Waals surface area contributed by atoms with Crippen LogP contribution in [-0.2, 0) is 11.2 Å². The summed E-state index contributed by atoms with van der Waals surface area (Å²) in [5, 5.41) is 0.702. The number of benzene rings is 1. The Bertz CT molecular complexity index is 502. The van der Waals surface area contributed by atoms with Crippen molar-refractivity contribution in [1.82, 2.24) is 9.55 Å². The number of carbonyl (C=O) groups excluding carboxylic acids is 1. The number of halogens is 1. The summed E-state index contributed by atoms with van der Waals surface area (Å²) in [4.78, 5) is 15.1. The lowest BCUT2D eigenvalue weighted by molar-refractivity contribution is -0.116. The molecular formula is C12H11ClN2O. The van der Waals surface area contributed by atoms with E-state index in [1.165, 1.54) is 0 Å². The van der Waals surface area contributed by atoms with E-state index in [2.05, 4.69) is 4.98 Å². The molecule has 0 unspecified atom stereocenters. The molecule has 0 aliphatic rings. The van der Waals surface area contributed by atoms with Gasteiger partial charge in [-0.15, -0.1) is 0 Å². The third-order valence-corrected chi connectivity index (χ3v) is 2.44. The van der Waals surface area contributed by atoms with Crippen LogP contribution in [-0.4, -0.2) is 15.3 Å². The molecule has 0 amide bonds. The fourth-order valence-electron chi connectivity index (χ4n) is 1.46. The number of imidazole rings is 1. The topological polar surface area (TPSA) is 34.9 Å². The maximum atomic E-state index is 10.9. The van der Waals surface area contributed by atoms with Crippen LogP contribution in [0.2, 0.25) is 5.02 Å². The van der Waals surface area contributed by atoms with Crippen LogP contribution in [0.3, 0.4) is 0 Å². The lowest BCUT2D eigenvalue weighted by Crippen LogP contribution is -1.96. The lowest BCUT2D eigenvalue weighted by atomic mass is 10.2. The molecule has 1 heterocycles. The number of nitrogens with zero attached hydrogens (tertiary/aromatic N) is 2. The summed E-state index contributed by atoms with van der Waals surface area (Å²) in [5.74, 6) is 0.112. The van der Waals surface area contributed by atoms with Crippen molar-refractivity contribution in [3.63, 3.8) is 0 Å². The van der Waals surface area contributed by atoms with E-state index in [1.807, 2.05) is 35.0 Å². The van der Waals surface area contributed by atoms with Crippen LogP contribution in [0.25, 0.3) is 5.69 Å². The maximum absolute atomic E-state index is 10.9. The Labute approximate surface area is 98.7 Å². The zero-order valence-electron chi connectivity index (χ0n) is 8.85. The molecular weight excluding hydrogens is 224 g/mol. The molecule has 82 valence electrons. The predicted octanol–water partition coefficient (Wildman–Crippen LogP) is 2.66. The second-order valence-corrected chi connectivity index (χ2v) is 4.06. The van der Waals surface area contributed by atoms with Gasteiger partial charge in [0.1, 0.15) is 5.78 Å². The van der Waals surface area contributed by atoms with Gasteiger partial charge in [-0.25, -0.2) is 4.98 Å². The predicted molar refractivity (Wildman–Crippen MR) is 63.0 cm³/mol. The molecule has 0 saturated carbocycles. The first-order valence-corrected chi connectivity index (χ1v) is 5.31. The van der Waals surface area contributed by atoms with E-state index in [-0.39, 0.29) is 5.78 Å². The summed E-state index contributed by atoms with van der Waals surface area (Å²) < 4.78 is 1.87. The molecule has 0 radical (unpaired) electrons. The molecule has 1 aromatic carbocycles. The summed E-state index contributed by atoms with van der Waals surface area (Å²) in [6, 6.07) is 7.45. The first kappa shape index (κ1) is 10.9. The van der Waals surface area contributed by atoms with Gasteiger partial charge in [0, 0.05) is 23.3 Å². The average molecular weight is 235 g/mol. The van der Waals surface area contributed by atoms with Crippen molar-refractivity contribution in [3.8, 4) is 5.69 Å². The van der Waals surface area contributed by atoms with Crippen molar-refractivity contribution in [1.29, 1.82) is 0 Å². The highest BCUT2D eigenvalue weighted by molar-refractivity contribution is 6.30. The maximum Gasteiger partial charge on any atom is 0.135 e. The highest BCUT2D eigenvalue weighted by Crippen LogP contribution is 2.13. The molecule has 0 spiro atoms. The molecule has 3 nitrogen and oxygen atoms in total. The second kappa shape index (κ2) is 4.49. The number of hydrogen-bond acceptors (Lipinski definition) is 2. The van der Waals surface area contributed by atoms with Crippen LogP contribution in [0.1, 0.15) is 12.6 Å². The molecule has 0 N–H and O–H groups in total. The summed E-state index contributed by atoms with van der Waals surface area (Å²) in [6.07, 6.45) is 3.92. The Morgan fingerprint density at radius 1 is 1.38 bits per heavy atom. The van der Waals surface area contributed by atoms with Crippen LogP contribution in [0.5, 0.6) is 0 Å². The Kier molecular flexibility index (Phi) is 3.06. The van der Waals surface area contributed by atoms with Gasteiger partial charge in [-0.3, -0.25) is 4.79 Å². The van der Waals surface area contributed by atoms with Crippen LogP contribution in [0.4, 0.5) is 0 Å². The molecule has 0 bridgehead atoms. The van der Waals surface area contributed by atoms with Crippen LogP contribution in [0, 0.1) is 0 Å². The van der Waals surface area contributed by atoms with Gasteiger partial charge in [-0.1, -0.05) is 11.6 Å². The van der Waals surface area contributed by atoms with Crippen LogP contribution < -0.4 is 0 Å². The highest BCUT2D eigenvalue weighted by Gasteiger charge is 2.03. The quantitative estimate of drug-likeness (QED) is 0.819. The minimum Gasteiger partial charge on any atom is -0.306 e. The van der Waals surface area contributed by atoms with Crippen molar-refractivity contribution in [2.45, 2.75) is 13.3 Å². The minimum absolute atomic E-state index is 0.112. The Hall–Kier alpha value is -1.61. The molecule has 2 aromatic rings. The van der Waals surface area contributed by atoms with E-state index in [4.69, 9.17) is 11.6 Å². The Balaban J connectivity index is 2.24. The smallest absolute Gasteiger partial charge is 0.135 e. The van der Waals surface area contributed by atoms with E-state index in [1.54, 1.807) is 13.3 Å². The van der Waals surface area contributed by atoms with Gasteiger partial charge in [0.2, 0.25) is 0 Å². The molecule has 0 fully saturated rings. The van der Waals surface area contributed by atoms with Crippen molar-refractivity contribution in [3.05, 3.63) is 47.5 Å². The molecule has 1 aromatic heterocycles. The molecule has 2 rings (SSSR count). The Morgan fingerprint density at radius 2 is 2.06 bits per heavy atom. The molecule has 0 aliphatic heterocycles. The van der Waals surface area contributed by atoms with Crippen molar-refractivity contribution >= 4 is 17.4 Å². The minimum atomic E-state index is 0.112. The second-order valence-electron chi connectivity index (χ2n) is 3.63. The van der Waals surface area contributed by atoms with E-state index < -0.39 is 0 Å². The molecule has 0 atom stereocenters. The van der Waals surface area contributed by atoms with Gasteiger partial charge in [0.25, 0.3) is 0 Å². The van der Waals surface area contributed by atoms with E-state index in [0.29, 0.717) is 11.4 Å². The lowest BCUT2D eigenvalue weighted by Gasteiger charge is -2.00. The van der Waals surface area contributed by atoms with Crippen LogP contribution >= 0.6 is 11.6 Å². The zero-order chi connectivity index (χ0) is 11.5. The van der Waals surface area contributed by atoms with E-state index >= 15 is 0 Å². The summed E-state index contributed by atoms with van der Waals surface area (Å²) >= 11 is 5.80. The van der Waals surface area contributed by atoms with Crippen LogP contribution in [0.15, 0.2) is 36.8 Å². The molecule has 0 aliphatic carbocycles. The fraction of sp³-hybridized carbons (Fsp3) is 0.167. The van der Waals surface area contributed by atoms with E-state index in [9.17, 15) is 4.79 Å². The first-order chi connectivity index (χ1) is 7.65. The third-order valence-electron chi connectivity index (χ3n) is 2.19. The number of carbonyl (C=O) groups is 1. The summed E-state index contributed by atoms with van der Waals surface area (Å²) in [7, 11) is 0. The number of rotatable bonds is 3. The van der Waals surface area contributed by atoms with Gasteiger partial charge in [0.15, 0.2) is 0 Å². The number of ketones is 1. The van der Waals surface area contributed by atoms with Gasteiger partial charge in [-0.05, 0) is 31.2 Å². The SMILES string of the molecule is CC(=O)Cc1cn(-c2ccc(Cl)cc2)cn1. The van der Waals surface area contributed by atoms with Gasteiger partial charge in [-0.2, -0.15) is 0 Å². The Morgan fingerprint density at radius 3 is 2.69 bits per heavy atom. The molecule has 16 heavy (non-hydrogen) atoms. The number of Topliss-reactive ketones (excluding diaryl/α,β-unsaturated/α-hetero) is 1. The zero-order valence-corrected chi connectivity index (χ0v) is 9.61. The van der Waals surface area contributed by atoms with Crippen molar-refractivity contribution in [2.24, 2.45) is 0 Å². The fourth-order valence-corrected chi connectivity index (χ4v) is 1.59. The number of aromatic nitrogens is 2. The van der Waals surface area contributed by atoms with Crippen molar-refractivity contribution in [2.75, 3.05) is 0 Å². The van der Waals surface area contributed by atoms with Crippen molar-refractivity contribution < 1.29 is 4.79 Å². The number of hydrogen-bond donors (Lipinski definition) is 0. The largest absolute Gasteiger partial charge is 0.306 e. The third kappa shape index (κ3) is 2.49. The summed E-state index contributed by atoms with van der Waals surface area (Å²) in [6.45, 7) is 1.56. The molecule has 4 heteroatoms. The van der Waals surface area contributed by atoms with E-state index in [0.717, 1.165) is 11.4 Å². The molecule has 0 saturated heterocycles. The standard InChI is InChI=1S/C12H11ClN2O/c1-9(16)6-11-7-15(8-14-11)12-4-2-10(13)3-5-12/h2-5,7-8H,6H2,1H3. The van der Waals surface area contributed by atoms with Gasteiger partial charge < -0.3 is 4.57 Å². The monoisotopic (exact) mass is 234 g/mol. The van der Waals surface area contributed by atoms with Gasteiger partial charge in [0.05, 0.1) is 12.0 Å².